The predicted octanol–water partition coefficient (Wildman–Crippen LogP) is 1.84. The van der Waals surface area contributed by atoms with Gasteiger partial charge in [-0.1, -0.05) is 12.1 Å². The maximum Gasteiger partial charge on any atom is 0.337 e. The van der Waals surface area contributed by atoms with Gasteiger partial charge in [-0.2, -0.15) is 0 Å². The number of rotatable bonds is 4. The standard InChI is InChI=1S/C11H13O3/c1-14-11(13)10-6-2-4-9(8-10)5-3-7-12/h2,4,6,8H,3,5,7H2,1H3. The van der Waals surface area contributed by atoms with Gasteiger partial charge in [0.2, 0.25) is 0 Å². The van der Waals surface area contributed by atoms with Gasteiger partial charge in [-0.3, -0.25) is 0 Å². The van der Waals surface area contributed by atoms with Gasteiger partial charge >= 0.3 is 5.97 Å². The molecule has 1 rings (SSSR count). The summed E-state index contributed by atoms with van der Waals surface area (Å²) < 4.78 is 4.60. The van der Waals surface area contributed by atoms with Crippen LogP contribution in [0.2, 0.25) is 0 Å². The molecule has 75 valence electrons. The topological polar surface area (TPSA) is 46.2 Å². The van der Waals surface area contributed by atoms with E-state index in [0.29, 0.717) is 18.4 Å². The second kappa shape index (κ2) is 5.40. The van der Waals surface area contributed by atoms with Crippen molar-refractivity contribution < 1.29 is 14.6 Å². The quantitative estimate of drug-likeness (QED) is 0.685. The first-order chi connectivity index (χ1) is 6.77. The average Bonchev–Trinajstić information content (AvgIpc) is 2.25. The molecular weight excluding hydrogens is 180 g/mol. The molecule has 1 aromatic carbocycles. The lowest BCUT2D eigenvalue weighted by Crippen LogP contribution is -2.01. The number of hydrogen-bond donors (Lipinski definition) is 0. The molecule has 1 aromatic rings. The van der Waals surface area contributed by atoms with Gasteiger partial charge in [-0.15, -0.1) is 0 Å². The number of benzene rings is 1. The number of ether oxygens (including phenoxy) is 1. The van der Waals surface area contributed by atoms with E-state index in [1.165, 1.54) is 7.11 Å². The Kier molecular flexibility index (Phi) is 4.13. The fourth-order valence-electron chi connectivity index (χ4n) is 1.25. The van der Waals surface area contributed by atoms with E-state index in [-0.39, 0.29) is 12.6 Å². The smallest absolute Gasteiger partial charge is 0.337 e. The van der Waals surface area contributed by atoms with Gasteiger partial charge in [0.1, 0.15) is 0 Å². The van der Waals surface area contributed by atoms with Crippen LogP contribution in [0.4, 0.5) is 0 Å². The Bertz CT molecular complexity index is 307. The van der Waals surface area contributed by atoms with E-state index in [1.54, 1.807) is 18.2 Å². The van der Waals surface area contributed by atoms with Crippen molar-refractivity contribution in [2.24, 2.45) is 0 Å². The van der Waals surface area contributed by atoms with Crippen molar-refractivity contribution in [1.29, 1.82) is 0 Å². The van der Waals surface area contributed by atoms with Gasteiger partial charge in [0.15, 0.2) is 0 Å². The van der Waals surface area contributed by atoms with Crippen molar-refractivity contribution in [3.63, 3.8) is 0 Å². The highest BCUT2D eigenvalue weighted by molar-refractivity contribution is 5.89. The van der Waals surface area contributed by atoms with Crippen LogP contribution in [0.5, 0.6) is 0 Å². The molecule has 3 nitrogen and oxygen atoms in total. The van der Waals surface area contributed by atoms with Crippen LogP contribution >= 0.6 is 0 Å². The van der Waals surface area contributed by atoms with E-state index in [9.17, 15) is 9.90 Å². The van der Waals surface area contributed by atoms with Crippen LogP contribution in [0.25, 0.3) is 0 Å². The largest absolute Gasteiger partial charge is 0.465 e. The molecule has 0 unspecified atom stereocenters. The third-order valence-corrected chi connectivity index (χ3v) is 1.96. The van der Waals surface area contributed by atoms with Crippen molar-refractivity contribution in [3.05, 3.63) is 35.4 Å². The highest BCUT2D eigenvalue weighted by Gasteiger charge is 2.04. The Balaban J connectivity index is 2.73. The summed E-state index contributed by atoms with van der Waals surface area (Å²) in [6, 6.07) is 7.17. The Labute approximate surface area is 83.3 Å². The molecule has 0 atom stereocenters. The van der Waals surface area contributed by atoms with E-state index in [4.69, 9.17) is 0 Å². The summed E-state index contributed by atoms with van der Waals surface area (Å²) in [5.74, 6) is -0.339. The number of carbonyl (C=O) groups excluding carboxylic acids is 1. The van der Waals surface area contributed by atoms with Crippen LogP contribution in [-0.2, 0) is 16.3 Å². The average molecular weight is 193 g/mol. The second-order valence-electron chi connectivity index (χ2n) is 3.00. The minimum atomic E-state index is -0.339. The van der Waals surface area contributed by atoms with Crippen molar-refractivity contribution in [2.75, 3.05) is 13.7 Å². The molecular formula is C11H13O3. The van der Waals surface area contributed by atoms with E-state index < -0.39 is 0 Å². The molecule has 1 radical (unpaired) electrons. The SMILES string of the molecule is COC(=O)c1cccc(CCC[O])c1. The zero-order chi connectivity index (χ0) is 10.4. The fourth-order valence-corrected chi connectivity index (χ4v) is 1.25. The van der Waals surface area contributed by atoms with E-state index in [0.717, 1.165) is 5.56 Å². The molecule has 0 fully saturated rings. The molecule has 0 aromatic heterocycles. The molecule has 0 aliphatic rings. The Morgan fingerprint density at radius 1 is 1.43 bits per heavy atom. The zero-order valence-corrected chi connectivity index (χ0v) is 8.16. The summed E-state index contributed by atoms with van der Waals surface area (Å²) in [5, 5.41) is 10.3. The maximum atomic E-state index is 11.2. The minimum Gasteiger partial charge on any atom is -0.465 e. The third kappa shape index (κ3) is 2.85. The van der Waals surface area contributed by atoms with Crippen LogP contribution in [-0.4, -0.2) is 19.7 Å². The van der Waals surface area contributed by atoms with Crippen molar-refractivity contribution in [1.82, 2.24) is 0 Å². The van der Waals surface area contributed by atoms with Gasteiger partial charge in [0.05, 0.1) is 19.3 Å². The first-order valence-corrected chi connectivity index (χ1v) is 4.53. The van der Waals surface area contributed by atoms with Crippen LogP contribution < -0.4 is 0 Å². The van der Waals surface area contributed by atoms with Crippen LogP contribution in [0, 0.1) is 0 Å². The molecule has 0 spiro atoms. The normalized spacial score (nSPS) is 9.86. The molecule has 0 amide bonds. The molecule has 0 heterocycles. The first kappa shape index (κ1) is 10.7. The van der Waals surface area contributed by atoms with Gasteiger partial charge in [-0.05, 0) is 30.5 Å². The van der Waals surface area contributed by atoms with Crippen molar-refractivity contribution in [3.8, 4) is 0 Å². The summed E-state index contributed by atoms with van der Waals surface area (Å²) in [6.45, 7) is -0.0809. The number of hydrogen-bond acceptors (Lipinski definition) is 2. The van der Waals surface area contributed by atoms with Crippen LogP contribution in [0.1, 0.15) is 22.3 Å². The van der Waals surface area contributed by atoms with Crippen LogP contribution in [0.15, 0.2) is 24.3 Å². The summed E-state index contributed by atoms with van der Waals surface area (Å²) in [7, 11) is 1.35. The number of methoxy groups -OCH3 is 1. The summed E-state index contributed by atoms with van der Waals surface area (Å²) in [6.07, 6.45) is 1.32. The fraction of sp³-hybridized carbons (Fsp3) is 0.364. The molecule has 0 N–H and O–H groups in total. The highest BCUT2D eigenvalue weighted by Crippen LogP contribution is 2.08. The predicted molar refractivity (Wildman–Crippen MR) is 51.7 cm³/mol. The zero-order valence-electron chi connectivity index (χ0n) is 8.16. The van der Waals surface area contributed by atoms with E-state index in [1.807, 2.05) is 6.07 Å². The number of esters is 1. The Hall–Kier alpha value is -1.35. The number of carbonyl (C=O) groups is 1. The Morgan fingerprint density at radius 3 is 2.86 bits per heavy atom. The van der Waals surface area contributed by atoms with Gasteiger partial charge in [0, 0.05) is 0 Å². The van der Waals surface area contributed by atoms with Gasteiger partial charge in [0.25, 0.3) is 0 Å². The maximum absolute atomic E-state index is 11.2. The summed E-state index contributed by atoms with van der Waals surface area (Å²) >= 11 is 0. The lowest BCUT2D eigenvalue weighted by atomic mass is 10.1. The molecule has 0 saturated heterocycles. The molecule has 0 saturated carbocycles. The highest BCUT2D eigenvalue weighted by atomic mass is 16.5. The number of aryl methyl sites for hydroxylation is 1. The molecule has 14 heavy (non-hydrogen) atoms. The first-order valence-electron chi connectivity index (χ1n) is 4.53. The monoisotopic (exact) mass is 193 g/mol. The molecule has 0 aliphatic heterocycles. The third-order valence-electron chi connectivity index (χ3n) is 1.96. The minimum absolute atomic E-state index is 0.0809. The lowest BCUT2D eigenvalue weighted by molar-refractivity contribution is 0.0600. The van der Waals surface area contributed by atoms with Crippen molar-refractivity contribution in [2.45, 2.75) is 12.8 Å². The molecule has 0 bridgehead atoms. The molecule has 0 aliphatic carbocycles. The van der Waals surface area contributed by atoms with E-state index in [2.05, 4.69) is 4.74 Å². The second-order valence-corrected chi connectivity index (χ2v) is 3.00. The van der Waals surface area contributed by atoms with E-state index >= 15 is 0 Å². The Morgan fingerprint density at radius 2 is 2.21 bits per heavy atom. The van der Waals surface area contributed by atoms with Crippen LogP contribution in [0.3, 0.4) is 0 Å². The lowest BCUT2D eigenvalue weighted by Gasteiger charge is -2.02. The van der Waals surface area contributed by atoms with Gasteiger partial charge in [-0.25, -0.2) is 9.90 Å². The molecule has 3 heteroatoms. The summed E-state index contributed by atoms with van der Waals surface area (Å²) in [4.78, 5) is 11.2. The van der Waals surface area contributed by atoms with Crippen molar-refractivity contribution >= 4 is 5.97 Å². The summed E-state index contributed by atoms with van der Waals surface area (Å²) in [5.41, 5.74) is 1.54. The van der Waals surface area contributed by atoms with Gasteiger partial charge < -0.3 is 4.74 Å².